The van der Waals surface area contributed by atoms with Crippen LogP contribution in [0.15, 0.2) is 36.9 Å². The third kappa shape index (κ3) is 7.13. The molecule has 4 rings (SSSR count). The first kappa shape index (κ1) is 28.5. The Morgan fingerprint density at radius 1 is 1.12 bits per heavy atom. The van der Waals surface area contributed by atoms with Gasteiger partial charge >= 0.3 is 12.1 Å². The van der Waals surface area contributed by atoms with Gasteiger partial charge in [-0.05, 0) is 45.7 Å². The Balaban J connectivity index is 1.39. The van der Waals surface area contributed by atoms with Gasteiger partial charge in [0.25, 0.3) is 0 Å². The summed E-state index contributed by atoms with van der Waals surface area (Å²) in [6, 6.07) is 2.70. The van der Waals surface area contributed by atoms with Crippen LogP contribution in [0.2, 0.25) is 0 Å². The van der Waals surface area contributed by atoms with Crippen LogP contribution in [0.5, 0.6) is 5.75 Å². The fourth-order valence-electron chi connectivity index (χ4n) is 4.19. The second-order valence-corrected chi connectivity index (χ2v) is 10.3. The molecule has 0 saturated carbocycles. The lowest BCUT2D eigenvalue weighted by Crippen LogP contribution is -2.43. The van der Waals surface area contributed by atoms with Gasteiger partial charge in [0.2, 0.25) is 5.95 Å². The van der Waals surface area contributed by atoms with Crippen molar-refractivity contribution in [1.29, 1.82) is 0 Å². The van der Waals surface area contributed by atoms with E-state index in [2.05, 4.69) is 20.4 Å². The molecule has 1 N–H and O–H groups in total. The van der Waals surface area contributed by atoms with Crippen LogP contribution in [-0.4, -0.2) is 69.6 Å². The average molecular weight is 553 g/mol. The number of carbonyl (C=O) groups is 2. The van der Waals surface area contributed by atoms with E-state index in [-0.39, 0.29) is 29.0 Å². The summed E-state index contributed by atoms with van der Waals surface area (Å²) in [5.74, 6) is -0.908. The zero-order valence-corrected chi connectivity index (χ0v) is 23.2. The maximum absolute atomic E-state index is 14.7. The van der Waals surface area contributed by atoms with Gasteiger partial charge in [0.05, 0.1) is 37.7 Å². The van der Waals surface area contributed by atoms with E-state index < -0.39 is 17.4 Å². The van der Waals surface area contributed by atoms with E-state index in [1.165, 1.54) is 32.4 Å². The van der Waals surface area contributed by atoms with Crippen LogP contribution in [0.3, 0.4) is 0 Å². The van der Waals surface area contributed by atoms with Crippen LogP contribution in [0, 0.1) is 5.82 Å². The van der Waals surface area contributed by atoms with Crippen molar-refractivity contribution in [2.45, 2.75) is 45.3 Å². The lowest BCUT2D eigenvalue weighted by molar-refractivity contribution is 0.0167. The van der Waals surface area contributed by atoms with Crippen molar-refractivity contribution < 1.29 is 28.2 Å². The highest BCUT2D eigenvalue weighted by Gasteiger charge is 2.28. The van der Waals surface area contributed by atoms with Crippen LogP contribution in [0.4, 0.5) is 20.8 Å². The van der Waals surface area contributed by atoms with Crippen LogP contribution in [0.25, 0.3) is 12.2 Å². The molecule has 12 heteroatoms. The first-order valence-electron chi connectivity index (χ1n) is 12.8. The molecule has 3 heterocycles. The van der Waals surface area contributed by atoms with Crippen molar-refractivity contribution in [1.82, 2.24) is 24.6 Å². The fraction of sp³-hybridized carbons (Fsp3) is 0.393. The predicted molar refractivity (Wildman–Crippen MR) is 147 cm³/mol. The number of carbonyl (C=O) groups excluding carboxylic acids is 2. The standard InChI is InChI=1S/C28H33FN6O5/c1-28(2,3)40-27(37)34-10-6-7-22(17-34)35-16-21(15-32-35)33-26-30-13-18(14-31-26)8-9-19-11-20(25(36)39-5)12-23(38-4)24(19)29/h8-9,11-16,22H,6-7,10,17H2,1-5H3,(H,30,31,33)/b9-8+/t22-/m1/s1. The molecule has 1 aliphatic rings. The molecule has 0 bridgehead atoms. The van der Waals surface area contributed by atoms with E-state index >= 15 is 0 Å². The van der Waals surface area contributed by atoms with Gasteiger partial charge < -0.3 is 24.4 Å². The summed E-state index contributed by atoms with van der Waals surface area (Å²) in [7, 11) is 2.58. The lowest BCUT2D eigenvalue weighted by Gasteiger charge is -2.34. The highest BCUT2D eigenvalue weighted by Crippen LogP contribution is 2.26. The number of piperidine rings is 1. The number of aromatic nitrogens is 4. The molecule has 212 valence electrons. The molecule has 0 aliphatic carbocycles. The van der Waals surface area contributed by atoms with Gasteiger partial charge in [-0.15, -0.1) is 0 Å². The van der Waals surface area contributed by atoms with E-state index in [9.17, 15) is 14.0 Å². The van der Waals surface area contributed by atoms with Gasteiger partial charge in [0.15, 0.2) is 11.6 Å². The lowest BCUT2D eigenvalue weighted by atomic mass is 10.1. The zero-order chi connectivity index (χ0) is 28.9. The number of methoxy groups -OCH3 is 2. The molecule has 1 fully saturated rings. The minimum Gasteiger partial charge on any atom is -0.494 e. The Kier molecular flexibility index (Phi) is 8.66. The van der Waals surface area contributed by atoms with Crippen molar-refractivity contribution >= 4 is 35.9 Å². The topological polar surface area (TPSA) is 121 Å². The largest absolute Gasteiger partial charge is 0.494 e. The third-order valence-electron chi connectivity index (χ3n) is 6.12. The van der Waals surface area contributed by atoms with Gasteiger partial charge in [-0.3, -0.25) is 4.68 Å². The van der Waals surface area contributed by atoms with E-state index in [1.807, 2.05) is 31.6 Å². The molecule has 40 heavy (non-hydrogen) atoms. The van der Waals surface area contributed by atoms with Crippen molar-refractivity contribution in [2.75, 3.05) is 32.6 Å². The van der Waals surface area contributed by atoms with E-state index in [4.69, 9.17) is 14.2 Å². The molecule has 1 aromatic carbocycles. The van der Waals surface area contributed by atoms with Crippen LogP contribution < -0.4 is 10.1 Å². The Hall–Kier alpha value is -4.48. The molecule has 0 radical (unpaired) electrons. The minimum absolute atomic E-state index is 0.0296. The molecule has 1 amide bonds. The quantitative estimate of drug-likeness (QED) is 0.399. The number of esters is 1. The fourth-order valence-corrected chi connectivity index (χ4v) is 4.19. The maximum Gasteiger partial charge on any atom is 0.410 e. The van der Waals surface area contributed by atoms with Crippen molar-refractivity contribution in [3.8, 4) is 5.75 Å². The molecule has 2 aromatic heterocycles. The Bertz CT molecular complexity index is 1380. The summed E-state index contributed by atoms with van der Waals surface area (Å²) < 4.78 is 31.8. The number of ether oxygens (including phenoxy) is 3. The van der Waals surface area contributed by atoms with Gasteiger partial charge in [0.1, 0.15) is 5.60 Å². The highest BCUT2D eigenvalue weighted by molar-refractivity contribution is 5.91. The second kappa shape index (κ2) is 12.1. The zero-order valence-electron chi connectivity index (χ0n) is 23.2. The average Bonchev–Trinajstić information content (AvgIpc) is 3.40. The van der Waals surface area contributed by atoms with Crippen LogP contribution in [-0.2, 0) is 9.47 Å². The molecule has 0 spiro atoms. The predicted octanol–water partition coefficient (Wildman–Crippen LogP) is 5.09. The number of nitrogens with zero attached hydrogens (tertiary/aromatic N) is 5. The summed E-state index contributed by atoms with van der Waals surface area (Å²) in [6.45, 7) is 6.73. The highest BCUT2D eigenvalue weighted by atomic mass is 19.1. The monoisotopic (exact) mass is 552 g/mol. The number of hydrogen-bond donors (Lipinski definition) is 1. The van der Waals surface area contributed by atoms with Gasteiger partial charge in [-0.1, -0.05) is 12.2 Å². The first-order valence-corrected chi connectivity index (χ1v) is 12.8. The number of likely N-dealkylation sites (tertiary alicyclic amines) is 1. The van der Waals surface area contributed by atoms with Crippen molar-refractivity contribution in [2.24, 2.45) is 0 Å². The summed E-state index contributed by atoms with van der Waals surface area (Å²) in [5.41, 5.74) is 1.10. The van der Waals surface area contributed by atoms with Crippen molar-refractivity contribution in [3.63, 3.8) is 0 Å². The summed E-state index contributed by atoms with van der Waals surface area (Å²) in [4.78, 5) is 34.8. The molecule has 0 unspecified atom stereocenters. The summed E-state index contributed by atoms with van der Waals surface area (Å²) in [5, 5.41) is 7.58. The number of nitrogens with one attached hydrogen (secondary N) is 1. The molecule has 11 nitrogen and oxygen atoms in total. The molecular weight excluding hydrogens is 519 g/mol. The molecule has 1 atom stereocenters. The number of halogens is 1. The number of anilines is 2. The molecule has 3 aromatic rings. The summed E-state index contributed by atoms with van der Waals surface area (Å²) in [6.07, 6.45) is 11.2. The normalized spacial score (nSPS) is 15.7. The van der Waals surface area contributed by atoms with E-state index in [1.54, 1.807) is 29.6 Å². The van der Waals surface area contributed by atoms with Gasteiger partial charge in [0, 0.05) is 42.8 Å². The maximum atomic E-state index is 14.7. The van der Waals surface area contributed by atoms with Gasteiger partial charge in [-0.25, -0.2) is 23.9 Å². The van der Waals surface area contributed by atoms with Crippen LogP contribution in [0.1, 0.15) is 61.1 Å². The Morgan fingerprint density at radius 3 is 2.55 bits per heavy atom. The molecule has 1 aliphatic heterocycles. The number of hydrogen-bond acceptors (Lipinski definition) is 9. The second-order valence-electron chi connectivity index (χ2n) is 10.3. The molecule has 1 saturated heterocycles. The van der Waals surface area contributed by atoms with E-state index in [0.717, 1.165) is 12.8 Å². The van der Waals surface area contributed by atoms with E-state index in [0.29, 0.717) is 30.3 Å². The van der Waals surface area contributed by atoms with Crippen molar-refractivity contribution in [3.05, 3.63) is 59.4 Å². The number of amides is 1. The van der Waals surface area contributed by atoms with Crippen LogP contribution >= 0.6 is 0 Å². The van der Waals surface area contributed by atoms with Gasteiger partial charge in [-0.2, -0.15) is 5.10 Å². The number of rotatable bonds is 7. The SMILES string of the molecule is COC(=O)c1cc(/C=C/c2cnc(Nc3cnn([C@@H]4CCCN(C(=O)OC(C)(C)C)C4)c3)nc2)c(F)c(OC)c1. The molecular formula is C28H33FN6O5. The summed E-state index contributed by atoms with van der Waals surface area (Å²) >= 11 is 0. The third-order valence-corrected chi connectivity index (χ3v) is 6.12. The Labute approximate surface area is 232 Å². The smallest absolute Gasteiger partial charge is 0.410 e. The first-order chi connectivity index (χ1) is 19.1. The number of benzene rings is 1. The minimum atomic E-state index is -0.602. The Morgan fingerprint density at radius 2 is 1.88 bits per heavy atom.